The molecule has 4 nitrogen and oxygen atoms in total. The maximum absolute atomic E-state index is 12.3. The van der Waals surface area contributed by atoms with Gasteiger partial charge in [0.2, 0.25) is 0 Å². The van der Waals surface area contributed by atoms with Crippen molar-refractivity contribution in [3.63, 3.8) is 0 Å². The molecule has 3 N–H and O–H groups in total. The van der Waals surface area contributed by atoms with Crippen LogP contribution in [0.15, 0.2) is 28.5 Å². The Bertz CT molecular complexity index is 818. The summed E-state index contributed by atoms with van der Waals surface area (Å²) in [5, 5.41) is 0.560. The van der Waals surface area contributed by atoms with Gasteiger partial charge in [0.15, 0.2) is 0 Å². The van der Waals surface area contributed by atoms with Gasteiger partial charge in [-0.25, -0.2) is 8.42 Å². The fourth-order valence-electron chi connectivity index (χ4n) is 1.39. The number of hydrogen-bond acceptors (Lipinski definition) is 4. The molecule has 0 spiro atoms. The first kappa shape index (κ1) is 16.8. The van der Waals surface area contributed by atoms with Crippen molar-refractivity contribution in [3.8, 4) is 0 Å². The van der Waals surface area contributed by atoms with Crippen molar-refractivity contribution in [2.75, 3.05) is 4.72 Å². The third kappa shape index (κ3) is 3.80. The van der Waals surface area contributed by atoms with Gasteiger partial charge in [0.1, 0.15) is 9.20 Å². The summed E-state index contributed by atoms with van der Waals surface area (Å²) in [6.45, 7) is 0. The maximum atomic E-state index is 12.3. The number of rotatable bonds is 4. The topological polar surface area (TPSA) is 72.2 Å². The lowest BCUT2D eigenvalue weighted by molar-refractivity contribution is 0.603. The van der Waals surface area contributed by atoms with Crippen molar-refractivity contribution < 1.29 is 8.42 Å². The molecule has 0 saturated carbocycles. The SMILES string of the molecule is NC(=S)c1ccc(S(=O)(=O)Nc2cc(Cl)c(Cl)cc2Cl)s1. The quantitative estimate of drug-likeness (QED) is 0.596. The van der Waals surface area contributed by atoms with Crippen LogP contribution >= 0.6 is 58.4 Å². The highest BCUT2D eigenvalue weighted by Gasteiger charge is 2.19. The van der Waals surface area contributed by atoms with E-state index >= 15 is 0 Å². The van der Waals surface area contributed by atoms with Gasteiger partial charge in [-0.15, -0.1) is 11.3 Å². The van der Waals surface area contributed by atoms with E-state index in [0.29, 0.717) is 4.88 Å². The van der Waals surface area contributed by atoms with Crippen LogP contribution in [0.1, 0.15) is 4.88 Å². The molecule has 0 radical (unpaired) electrons. The highest BCUT2D eigenvalue weighted by molar-refractivity contribution is 7.94. The molecule has 0 amide bonds. The van der Waals surface area contributed by atoms with Crippen LogP contribution in [0.4, 0.5) is 5.69 Å². The molecular formula is C11H7Cl3N2O2S3. The maximum Gasteiger partial charge on any atom is 0.271 e. The van der Waals surface area contributed by atoms with Crippen molar-refractivity contribution >= 4 is 79.1 Å². The first-order valence-electron chi connectivity index (χ1n) is 5.27. The Balaban J connectivity index is 2.37. The molecule has 0 aliphatic carbocycles. The van der Waals surface area contributed by atoms with Crippen molar-refractivity contribution in [1.29, 1.82) is 0 Å². The number of halogens is 3. The van der Waals surface area contributed by atoms with Gasteiger partial charge in [0.05, 0.1) is 25.6 Å². The minimum atomic E-state index is -3.81. The Morgan fingerprint density at radius 3 is 2.33 bits per heavy atom. The molecule has 10 heteroatoms. The van der Waals surface area contributed by atoms with Crippen molar-refractivity contribution in [1.82, 2.24) is 0 Å². The smallest absolute Gasteiger partial charge is 0.271 e. The molecule has 0 fully saturated rings. The first-order valence-corrected chi connectivity index (χ1v) is 9.12. The average molecular weight is 402 g/mol. The first-order chi connectivity index (χ1) is 9.70. The zero-order valence-electron chi connectivity index (χ0n) is 10.1. The monoisotopic (exact) mass is 400 g/mol. The number of nitrogens with two attached hydrogens (primary N) is 1. The second kappa shape index (κ2) is 6.28. The lowest BCUT2D eigenvalue weighted by Gasteiger charge is -2.09. The highest BCUT2D eigenvalue weighted by atomic mass is 35.5. The van der Waals surface area contributed by atoms with Gasteiger partial charge in [0.25, 0.3) is 10.0 Å². The molecule has 0 aliphatic heterocycles. The van der Waals surface area contributed by atoms with Crippen LogP contribution in [-0.4, -0.2) is 13.4 Å². The largest absolute Gasteiger partial charge is 0.389 e. The molecule has 0 bridgehead atoms. The average Bonchev–Trinajstić information content (AvgIpc) is 2.86. The molecule has 112 valence electrons. The second-order valence-electron chi connectivity index (χ2n) is 3.83. The van der Waals surface area contributed by atoms with E-state index in [1.807, 2.05) is 0 Å². The van der Waals surface area contributed by atoms with Gasteiger partial charge in [-0.05, 0) is 24.3 Å². The van der Waals surface area contributed by atoms with Crippen LogP contribution < -0.4 is 10.5 Å². The second-order valence-corrected chi connectivity index (χ2v) is 8.49. The van der Waals surface area contributed by atoms with Crippen LogP contribution in [0.3, 0.4) is 0 Å². The number of thiophene rings is 1. The van der Waals surface area contributed by atoms with Crippen LogP contribution in [0, 0.1) is 0 Å². The van der Waals surface area contributed by atoms with Gasteiger partial charge in [-0.3, -0.25) is 4.72 Å². The number of thiocarbonyl (C=S) groups is 1. The summed E-state index contributed by atoms with van der Waals surface area (Å²) in [6.07, 6.45) is 0. The van der Waals surface area contributed by atoms with E-state index in [1.54, 1.807) is 0 Å². The zero-order valence-corrected chi connectivity index (χ0v) is 14.8. The van der Waals surface area contributed by atoms with Crippen LogP contribution in [0.5, 0.6) is 0 Å². The van der Waals surface area contributed by atoms with Crippen molar-refractivity contribution in [2.45, 2.75) is 4.21 Å². The molecule has 0 unspecified atom stereocenters. The summed E-state index contributed by atoms with van der Waals surface area (Å²) < 4.78 is 26.9. The predicted octanol–water partition coefficient (Wildman–Crippen LogP) is 4.14. The molecule has 0 aliphatic rings. The van der Waals surface area contributed by atoms with Crippen molar-refractivity contribution in [3.05, 3.63) is 44.2 Å². The molecule has 21 heavy (non-hydrogen) atoms. The van der Waals surface area contributed by atoms with Gasteiger partial charge >= 0.3 is 0 Å². The zero-order chi connectivity index (χ0) is 15.8. The van der Waals surface area contributed by atoms with E-state index in [1.165, 1.54) is 24.3 Å². The highest BCUT2D eigenvalue weighted by Crippen LogP contribution is 2.34. The van der Waals surface area contributed by atoms with E-state index in [-0.39, 0.29) is 30.0 Å². The molecule has 0 saturated heterocycles. The molecular weight excluding hydrogens is 395 g/mol. The Morgan fingerprint density at radius 1 is 1.14 bits per heavy atom. The number of hydrogen-bond donors (Lipinski definition) is 2. The Hall–Kier alpha value is -0.570. The molecule has 0 atom stereocenters. The lowest BCUT2D eigenvalue weighted by atomic mass is 10.3. The molecule has 1 heterocycles. The van der Waals surface area contributed by atoms with E-state index in [4.69, 9.17) is 52.8 Å². The van der Waals surface area contributed by atoms with E-state index in [9.17, 15) is 8.42 Å². The summed E-state index contributed by atoms with van der Waals surface area (Å²) in [4.78, 5) is 0.639. The number of nitrogens with one attached hydrogen (secondary N) is 1. The molecule has 1 aromatic carbocycles. The van der Waals surface area contributed by atoms with Crippen LogP contribution in [0.25, 0.3) is 0 Å². The molecule has 1 aromatic heterocycles. The number of benzene rings is 1. The Labute approximate surface area is 145 Å². The van der Waals surface area contributed by atoms with E-state index in [2.05, 4.69) is 4.72 Å². The third-order valence-corrected chi connectivity index (χ3v) is 6.70. The summed E-state index contributed by atoms with van der Waals surface area (Å²) in [6, 6.07) is 5.65. The minimum absolute atomic E-state index is 0.0624. The van der Waals surface area contributed by atoms with Gasteiger partial charge in [-0.2, -0.15) is 0 Å². The fourth-order valence-corrected chi connectivity index (χ4v) is 4.46. The van der Waals surface area contributed by atoms with Crippen LogP contribution in [-0.2, 0) is 10.0 Å². The van der Waals surface area contributed by atoms with Gasteiger partial charge in [0, 0.05) is 0 Å². The Morgan fingerprint density at radius 2 is 1.76 bits per heavy atom. The lowest BCUT2D eigenvalue weighted by Crippen LogP contribution is -2.12. The van der Waals surface area contributed by atoms with E-state index in [0.717, 1.165) is 11.3 Å². The normalized spacial score (nSPS) is 11.4. The van der Waals surface area contributed by atoms with Crippen LogP contribution in [0.2, 0.25) is 15.1 Å². The van der Waals surface area contributed by atoms with Gasteiger partial charge in [-0.1, -0.05) is 47.0 Å². The summed E-state index contributed by atoms with van der Waals surface area (Å²) in [5.74, 6) is 0. The summed E-state index contributed by atoms with van der Waals surface area (Å²) in [7, 11) is -3.81. The minimum Gasteiger partial charge on any atom is -0.389 e. The number of anilines is 1. The summed E-state index contributed by atoms with van der Waals surface area (Å²) >= 11 is 23.3. The number of sulfonamides is 1. The standard InChI is InChI=1S/C11H7Cl3N2O2S3/c12-5-3-7(14)8(4-6(5)13)16-21(17,18)10-2-1-9(20-10)11(15)19/h1-4,16H,(H2,15,19). The molecule has 2 rings (SSSR count). The summed E-state index contributed by atoms with van der Waals surface area (Å²) in [5.41, 5.74) is 5.59. The predicted molar refractivity (Wildman–Crippen MR) is 92.5 cm³/mol. The van der Waals surface area contributed by atoms with E-state index < -0.39 is 10.0 Å². The van der Waals surface area contributed by atoms with Gasteiger partial charge < -0.3 is 5.73 Å². The molecule has 2 aromatic rings. The fraction of sp³-hybridized carbons (Fsp3) is 0. The third-order valence-electron chi connectivity index (χ3n) is 2.34. The Kier molecular flexibility index (Phi) is 5.02. The van der Waals surface area contributed by atoms with Crippen molar-refractivity contribution in [2.24, 2.45) is 5.73 Å².